The molecule has 0 aromatic heterocycles. The second kappa shape index (κ2) is 3.18. The van der Waals surface area contributed by atoms with Crippen LogP contribution in [0.25, 0.3) is 0 Å². The molecule has 1 aliphatic rings. The number of hydrogen-bond acceptors (Lipinski definition) is 2. The number of likely N-dealkylation sites (tertiary alicyclic amines) is 1. The lowest BCUT2D eigenvalue weighted by Gasteiger charge is -2.38. The highest BCUT2D eigenvalue weighted by atomic mass is 16.3. The van der Waals surface area contributed by atoms with Gasteiger partial charge in [0.05, 0.1) is 6.61 Å². The molecule has 1 aliphatic heterocycles. The van der Waals surface area contributed by atoms with E-state index < -0.39 is 0 Å². The fraction of sp³-hybridized carbons (Fsp3) is 1.00. The van der Waals surface area contributed by atoms with Crippen molar-refractivity contribution in [1.82, 2.24) is 4.90 Å². The van der Waals surface area contributed by atoms with E-state index in [2.05, 4.69) is 11.8 Å². The summed E-state index contributed by atoms with van der Waals surface area (Å²) < 4.78 is 0. The molecule has 0 aromatic carbocycles. The quantitative estimate of drug-likeness (QED) is 0.593. The Kier molecular flexibility index (Phi) is 2.49. The van der Waals surface area contributed by atoms with Gasteiger partial charge in [0.1, 0.15) is 0 Å². The Hall–Kier alpha value is -0.0800. The largest absolute Gasteiger partial charge is 0.395 e. The lowest BCUT2D eigenvalue weighted by molar-refractivity contribution is 0.0761. The van der Waals surface area contributed by atoms with E-state index in [0.29, 0.717) is 6.61 Å². The summed E-state index contributed by atoms with van der Waals surface area (Å²) >= 11 is 0. The summed E-state index contributed by atoms with van der Waals surface area (Å²) in [4.78, 5) is 2.29. The lowest BCUT2D eigenvalue weighted by Crippen LogP contribution is -2.47. The monoisotopic (exact) mass is 129 g/mol. The molecular formula is C7H15NO. The first-order valence-electron chi connectivity index (χ1n) is 3.70. The zero-order chi connectivity index (χ0) is 6.69. The molecule has 1 rings (SSSR count). The molecule has 2 nitrogen and oxygen atoms in total. The predicted molar refractivity (Wildman–Crippen MR) is 37.3 cm³/mol. The number of hydrogen-bond donors (Lipinski definition) is 1. The van der Waals surface area contributed by atoms with Crippen molar-refractivity contribution in [2.24, 2.45) is 5.92 Å². The normalized spacial score (nSPS) is 22.0. The van der Waals surface area contributed by atoms with Gasteiger partial charge in [-0.1, -0.05) is 13.3 Å². The van der Waals surface area contributed by atoms with Crippen molar-refractivity contribution in [3.05, 3.63) is 0 Å². The summed E-state index contributed by atoms with van der Waals surface area (Å²) in [6, 6.07) is 0. The van der Waals surface area contributed by atoms with Gasteiger partial charge in [0.25, 0.3) is 0 Å². The Morgan fingerprint density at radius 2 is 2.22 bits per heavy atom. The minimum atomic E-state index is 0.316. The Balaban J connectivity index is 1.98. The highest BCUT2D eigenvalue weighted by molar-refractivity contribution is 4.77. The molecule has 0 aliphatic carbocycles. The molecule has 1 saturated heterocycles. The van der Waals surface area contributed by atoms with Crippen molar-refractivity contribution in [2.45, 2.75) is 13.3 Å². The first kappa shape index (κ1) is 7.03. The van der Waals surface area contributed by atoms with Crippen LogP contribution in [0.4, 0.5) is 0 Å². The van der Waals surface area contributed by atoms with Crippen LogP contribution < -0.4 is 0 Å². The van der Waals surface area contributed by atoms with E-state index in [1.54, 1.807) is 0 Å². The smallest absolute Gasteiger partial charge is 0.0558 e. The molecule has 0 radical (unpaired) electrons. The van der Waals surface area contributed by atoms with Crippen LogP contribution in [0.3, 0.4) is 0 Å². The third-order valence-electron chi connectivity index (χ3n) is 2.03. The number of aliphatic hydroxyl groups is 1. The van der Waals surface area contributed by atoms with Crippen LogP contribution in [0.5, 0.6) is 0 Å². The van der Waals surface area contributed by atoms with Gasteiger partial charge in [-0.05, 0) is 5.92 Å². The van der Waals surface area contributed by atoms with Crippen molar-refractivity contribution in [2.75, 3.05) is 26.2 Å². The van der Waals surface area contributed by atoms with Crippen molar-refractivity contribution in [3.63, 3.8) is 0 Å². The summed E-state index contributed by atoms with van der Waals surface area (Å²) in [6.45, 7) is 5.82. The minimum Gasteiger partial charge on any atom is -0.395 e. The molecule has 0 aromatic rings. The van der Waals surface area contributed by atoms with Gasteiger partial charge in [0.2, 0.25) is 0 Å². The van der Waals surface area contributed by atoms with Crippen molar-refractivity contribution >= 4 is 0 Å². The molecular weight excluding hydrogens is 114 g/mol. The van der Waals surface area contributed by atoms with Gasteiger partial charge < -0.3 is 10.0 Å². The SMILES string of the molecule is CCC1CN(CCO)C1. The summed E-state index contributed by atoms with van der Waals surface area (Å²) in [5.41, 5.74) is 0. The van der Waals surface area contributed by atoms with Gasteiger partial charge in [-0.25, -0.2) is 0 Å². The fourth-order valence-corrected chi connectivity index (χ4v) is 1.26. The van der Waals surface area contributed by atoms with E-state index in [-0.39, 0.29) is 0 Å². The maximum Gasteiger partial charge on any atom is 0.0558 e. The van der Waals surface area contributed by atoms with Gasteiger partial charge in [0, 0.05) is 19.6 Å². The maximum atomic E-state index is 8.52. The summed E-state index contributed by atoms with van der Waals surface area (Å²) in [7, 11) is 0. The van der Waals surface area contributed by atoms with Crippen LogP contribution in [-0.4, -0.2) is 36.2 Å². The molecule has 0 atom stereocenters. The molecule has 1 heterocycles. The van der Waals surface area contributed by atoms with Crippen LogP contribution in [0, 0.1) is 5.92 Å². The molecule has 0 spiro atoms. The van der Waals surface area contributed by atoms with Crippen LogP contribution in [0.1, 0.15) is 13.3 Å². The van der Waals surface area contributed by atoms with E-state index in [9.17, 15) is 0 Å². The molecule has 0 bridgehead atoms. The second-order valence-electron chi connectivity index (χ2n) is 2.76. The topological polar surface area (TPSA) is 23.5 Å². The van der Waals surface area contributed by atoms with Crippen LogP contribution >= 0.6 is 0 Å². The Morgan fingerprint density at radius 1 is 1.56 bits per heavy atom. The number of β-amino-alcohol motifs (C(OH)–C–C–N with tert-alkyl or cyclic N) is 1. The third-order valence-corrected chi connectivity index (χ3v) is 2.03. The van der Waals surface area contributed by atoms with E-state index in [1.165, 1.54) is 19.5 Å². The molecule has 0 unspecified atom stereocenters. The highest BCUT2D eigenvalue weighted by Crippen LogP contribution is 2.16. The average Bonchev–Trinajstić information content (AvgIpc) is 1.77. The number of aliphatic hydroxyl groups excluding tert-OH is 1. The van der Waals surface area contributed by atoms with E-state index in [1.807, 2.05) is 0 Å². The van der Waals surface area contributed by atoms with E-state index in [4.69, 9.17) is 5.11 Å². The molecule has 0 amide bonds. The summed E-state index contributed by atoms with van der Waals surface area (Å²) in [5.74, 6) is 0.913. The average molecular weight is 129 g/mol. The van der Waals surface area contributed by atoms with Gasteiger partial charge in [-0.3, -0.25) is 0 Å². The molecule has 54 valence electrons. The maximum absolute atomic E-state index is 8.52. The van der Waals surface area contributed by atoms with E-state index >= 15 is 0 Å². The van der Waals surface area contributed by atoms with E-state index in [0.717, 1.165) is 12.5 Å². The van der Waals surface area contributed by atoms with Crippen LogP contribution in [-0.2, 0) is 0 Å². The standard InChI is InChI=1S/C7H15NO/c1-2-7-5-8(6-7)3-4-9/h7,9H,2-6H2,1H3. The third kappa shape index (κ3) is 1.66. The van der Waals surface area contributed by atoms with Crippen LogP contribution in [0.15, 0.2) is 0 Å². The Labute approximate surface area is 56.5 Å². The molecule has 1 N–H and O–H groups in total. The molecule has 1 fully saturated rings. The Morgan fingerprint density at radius 3 is 2.67 bits per heavy atom. The zero-order valence-corrected chi connectivity index (χ0v) is 6.01. The van der Waals surface area contributed by atoms with Crippen molar-refractivity contribution < 1.29 is 5.11 Å². The minimum absolute atomic E-state index is 0.316. The van der Waals surface area contributed by atoms with Crippen molar-refractivity contribution in [3.8, 4) is 0 Å². The van der Waals surface area contributed by atoms with Gasteiger partial charge in [-0.2, -0.15) is 0 Å². The molecule has 0 saturated carbocycles. The molecule has 9 heavy (non-hydrogen) atoms. The summed E-state index contributed by atoms with van der Waals surface area (Å²) in [6.07, 6.45) is 1.29. The first-order chi connectivity index (χ1) is 4.36. The Bertz CT molecular complexity index is 79.0. The summed E-state index contributed by atoms with van der Waals surface area (Å²) in [5, 5.41) is 8.52. The van der Waals surface area contributed by atoms with Gasteiger partial charge >= 0.3 is 0 Å². The van der Waals surface area contributed by atoms with Gasteiger partial charge in [0.15, 0.2) is 0 Å². The molecule has 2 heteroatoms. The highest BCUT2D eigenvalue weighted by Gasteiger charge is 2.23. The zero-order valence-electron chi connectivity index (χ0n) is 6.01. The van der Waals surface area contributed by atoms with Crippen molar-refractivity contribution in [1.29, 1.82) is 0 Å². The van der Waals surface area contributed by atoms with Gasteiger partial charge in [-0.15, -0.1) is 0 Å². The fourth-order valence-electron chi connectivity index (χ4n) is 1.26. The lowest BCUT2D eigenvalue weighted by atomic mass is 9.98. The number of nitrogens with zero attached hydrogens (tertiary/aromatic N) is 1. The second-order valence-corrected chi connectivity index (χ2v) is 2.76. The number of rotatable bonds is 3. The first-order valence-corrected chi connectivity index (χ1v) is 3.70. The predicted octanol–water partition coefficient (Wildman–Crippen LogP) is 0.321. The van der Waals surface area contributed by atoms with Crippen LogP contribution in [0.2, 0.25) is 0 Å².